The molecule has 0 fully saturated rings. The van der Waals surface area contributed by atoms with E-state index in [0.29, 0.717) is 19.4 Å². The van der Waals surface area contributed by atoms with Gasteiger partial charge in [-0.1, -0.05) is 135 Å². The molecule has 0 aliphatic carbocycles. The minimum atomic E-state index is -0.677. The molecule has 1 N–H and O–H groups in total. The van der Waals surface area contributed by atoms with Gasteiger partial charge in [-0.15, -0.1) is 0 Å². The highest BCUT2D eigenvalue weighted by Crippen LogP contribution is 2.14. The zero-order valence-electron chi connectivity index (χ0n) is 22.1. The topological polar surface area (TPSA) is 63.6 Å². The summed E-state index contributed by atoms with van der Waals surface area (Å²) >= 11 is 0. The first-order valence-electron chi connectivity index (χ1n) is 14.5. The van der Waals surface area contributed by atoms with Gasteiger partial charge in [0.15, 0.2) is 0 Å². The fraction of sp³-hybridized carbons (Fsp3) is 0.931. The van der Waals surface area contributed by atoms with Crippen molar-refractivity contribution < 1.29 is 19.4 Å². The van der Waals surface area contributed by atoms with Gasteiger partial charge in [-0.25, -0.2) is 0 Å². The van der Waals surface area contributed by atoms with Gasteiger partial charge in [0.05, 0.1) is 6.61 Å². The van der Waals surface area contributed by atoms with Gasteiger partial charge in [0, 0.05) is 12.8 Å². The molecule has 0 spiro atoms. The summed E-state index contributed by atoms with van der Waals surface area (Å²) in [7, 11) is 0. The molecule has 4 nitrogen and oxygen atoms in total. The summed E-state index contributed by atoms with van der Waals surface area (Å²) in [6.07, 6.45) is 29.5. The first-order valence-corrected chi connectivity index (χ1v) is 14.5. The minimum absolute atomic E-state index is 0.00886. The van der Waals surface area contributed by atoms with Crippen molar-refractivity contribution in [3.63, 3.8) is 0 Å². The lowest BCUT2D eigenvalue weighted by Gasteiger charge is -2.06. The van der Waals surface area contributed by atoms with Crippen LogP contribution in [-0.2, 0) is 14.3 Å². The summed E-state index contributed by atoms with van der Waals surface area (Å²) < 4.78 is 5.37. The van der Waals surface area contributed by atoms with Gasteiger partial charge >= 0.3 is 11.9 Å². The first-order chi connectivity index (χ1) is 16.2. The summed E-state index contributed by atoms with van der Waals surface area (Å²) in [6.45, 7) is 2.86. The van der Waals surface area contributed by atoms with Crippen molar-refractivity contribution in [3.8, 4) is 0 Å². The monoisotopic (exact) mass is 468 g/mol. The van der Waals surface area contributed by atoms with E-state index in [2.05, 4.69) is 6.92 Å². The molecular weight excluding hydrogens is 412 g/mol. The standard InChI is InChI=1S/C29H56O4/c1-2-3-4-5-6-7-8-11-14-17-20-23-26-29(32)33-27-24-21-18-15-12-9-10-13-16-19-22-25-28(30)31/h2-27H2,1H3,(H,30,31). The van der Waals surface area contributed by atoms with Crippen LogP contribution in [-0.4, -0.2) is 23.7 Å². The molecule has 0 unspecified atom stereocenters. The van der Waals surface area contributed by atoms with Gasteiger partial charge in [-0.05, 0) is 19.3 Å². The number of ether oxygens (including phenoxy) is 1. The van der Waals surface area contributed by atoms with Crippen LogP contribution in [0.2, 0.25) is 0 Å². The molecule has 33 heavy (non-hydrogen) atoms. The second-order valence-electron chi connectivity index (χ2n) is 9.89. The SMILES string of the molecule is CCCCCCCCCCCCCCC(=O)OCCCCCCCCCCCCCC(=O)O. The summed E-state index contributed by atoms with van der Waals surface area (Å²) in [4.78, 5) is 22.2. The summed E-state index contributed by atoms with van der Waals surface area (Å²) in [5, 5.41) is 8.59. The van der Waals surface area contributed by atoms with E-state index in [9.17, 15) is 9.59 Å². The minimum Gasteiger partial charge on any atom is -0.481 e. The summed E-state index contributed by atoms with van der Waals surface area (Å²) in [5.74, 6) is -0.685. The molecule has 0 heterocycles. The number of aliphatic carboxylic acids is 1. The first kappa shape index (κ1) is 31.9. The van der Waals surface area contributed by atoms with E-state index in [1.165, 1.54) is 103 Å². The number of esters is 1. The summed E-state index contributed by atoms with van der Waals surface area (Å²) in [5.41, 5.74) is 0. The lowest BCUT2D eigenvalue weighted by Crippen LogP contribution is -2.05. The van der Waals surface area contributed by atoms with E-state index < -0.39 is 5.97 Å². The second kappa shape index (κ2) is 27.2. The zero-order valence-corrected chi connectivity index (χ0v) is 22.1. The van der Waals surface area contributed by atoms with Crippen molar-refractivity contribution in [2.75, 3.05) is 6.61 Å². The van der Waals surface area contributed by atoms with Crippen LogP contribution in [0.15, 0.2) is 0 Å². The lowest BCUT2D eigenvalue weighted by atomic mass is 10.0. The molecule has 0 rings (SSSR count). The Bertz CT molecular complexity index is 422. The van der Waals surface area contributed by atoms with Gasteiger partial charge in [-0.2, -0.15) is 0 Å². The van der Waals surface area contributed by atoms with E-state index in [1.54, 1.807) is 0 Å². The average molecular weight is 469 g/mol. The lowest BCUT2D eigenvalue weighted by molar-refractivity contribution is -0.144. The van der Waals surface area contributed by atoms with Gasteiger partial charge in [0.25, 0.3) is 0 Å². The maximum absolute atomic E-state index is 11.8. The Kier molecular flexibility index (Phi) is 26.3. The van der Waals surface area contributed by atoms with Crippen LogP contribution in [0.5, 0.6) is 0 Å². The predicted molar refractivity (Wildman–Crippen MR) is 140 cm³/mol. The molecular formula is C29H56O4. The molecule has 0 aromatic rings. The molecule has 196 valence electrons. The highest BCUT2D eigenvalue weighted by molar-refractivity contribution is 5.69. The Labute approximate surface area is 205 Å². The van der Waals surface area contributed by atoms with E-state index in [4.69, 9.17) is 9.84 Å². The van der Waals surface area contributed by atoms with Gasteiger partial charge in [-0.3, -0.25) is 9.59 Å². The van der Waals surface area contributed by atoms with Crippen molar-refractivity contribution >= 4 is 11.9 Å². The second-order valence-corrected chi connectivity index (χ2v) is 9.89. The van der Waals surface area contributed by atoms with E-state index in [1.807, 2.05) is 0 Å². The molecule has 0 amide bonds. The Hall–Kier alpha value is -1.06. The van der Waals surface area contributed by atoms with Crippen molar-refractivity contribution in [1.82, 2.24) is 0 Å². The van der Waals surface area contributed by atoms with E-state index >= 15 is 0 Å². The van der Waals surface area contributed by atoms with Crippen LogP contribution in [0.25, 0.3) is 0 Å². The molecule has 0 aliphatic rings. The normalized spacial score (nSPS) is 11.1. The van der Waals surface area contributed by atoms with Crippen LogP contribution in [0.3, 0.4) is 0 Å². The Morgan fingerprint density at radius 2 is 0.818 bits per heavy atom. The molecule has 4 heteroatoms. The van der Waals surface area contributed by atoms with Crippen molar-refractivity contribution in [1.29, 1.82) is 0 Å². The van der Waals surface area contributed by atoms with Crippen LogP contribution in [0.4, 0.5) is 0 Å². The molecule has 0 saturated heterocycles. The quantitative estimate of drug-likeness (QED) is 0.0963. The maximum Gasteiger partial charge on any atom is 0.305 e. The number of rotatable bonds is 27. The van der Waals surface area contributed by atoms with Gasteiger partial charge in [0.2, 0.25) is 0 Å². The highest BCUT2D eigenvalue weighted by Gasteiger charge is 2.03. The van der Waals surface area contributed by atoms with Crippen molar-refractivity contribution in [2.24, 2.45) is 0 Å². The third-order valence-electron chi connectivity index (χ3n) is 6.53. The number of carbonyl (C=O) groups is 2. The number of unbranched alkanes of at least 4 members (excludes halogenated alkanes) is 21. The predicted octanol–water partition coefficient (Wildman–Crippen LogP) is 9.39. The van der Waals surface area contributed by atoms with Crippen LogP contribution < -0.4 is 0 Å². The fourth-order valence-corrected chi connectivity index (χ4v) is 4.34. The number of carboxylic acids is 1. The smallest absolute Gasteiger partial charge is 0.305 e. The van der Waals surface area contributed by atoms with E-state index in [-0.39, 0.29) is 5.97 Å². The molecule has 0 aromatic heterocycles. The van der Waals surface area contributed by atoms with Crippen molar-refractivity contribution in [3.05, 3.63) is 0 Å². The van der Waals surface area contributed by atoms with Crippen LogP contribution in [0, 0.1) is 0 Å². The highest BCUT2D eigenvalue weighted by atomic mass is 16.5. The Morgan fingerprint density at radius 1 is 0.485 bits per heavy atom. The zero-order chi connectivity index (χ0) is 24.2. The van der Waals surface area contributed by atoms with Gasteiger partial charge < -0.3 is 9.84 Å². The molecule has 0 aliphatic heterocycles. The fourth-order valence-electron chi connectivity index (χ4n) is 4.34. The summed E-state index contributed by atoms with van der Waals surface area (Å²) in [6, 6.07) is 0. The van der Waals surface area contributed by atoms with Crippen LogP contribution in [0.1, 0.15) is 167 Å². The maximum atomic E-state index is 11.8. The largest absolute Gasteiger partial charge is 0.481 e. The molecule has 0 radical (unpaired) electrons. The number of carbonyl (C=O) groups excluding carboxylic acids is 1. The molecule has 0 atom stereocenters. The molecule has 0 bridgehead atoms. The third kappa shape index (κ3) is 28.9. The van der Waals surface area contributed by atoms with Crippen molar-refractivity contribution in [2.45, 2.75) is 167 Å². The Balaban J connectivity index is 3.15. The third-order valence-corrected chi connectivity index (χ3v) is 6.53. The average Bonchev–Trinajstić information content (AvgIpc) is 2.79. The van der Waals surface area contributed by atoms with E-state index in [0.717, 1.165) is 44.9 Å². The van der Waals surface area contributed by atoms with Gasteiger partial charge in [0.1, 0.15) is 0 Å². The number of carboxylic acid groups (broad SMARTS) is 1. The molecule has 0 saturated carbocycles. The number of hydrogen-bond acceptors (Lipinski definition) is 3. The Morgan fingerprint density at radius 3 is 1.21 bits per heavy atom. The number of hydrogen-bond donors (Lipinski definition) is 1. The van der Waals surface area contributed by atoms with Crippen LogP contribution >= 0.6 is 0 Å². The molecule has 0 aromatic carbocycles.